The maximum atomic E-state index is 11.8. The third-order valence-electron chi connectivity index (χ3n) is 5.07. The van der Waals surface area contributed by atoms with Gasteiger partial charge >= 0.3 is 0 Å². The first-order chi connectivity index (χ1) is 13.3. The smallest absolute Gasteiger partial charge is 0.241 e. The minimum atomic E-state index is -2.94. The molecule has 0 N–H and O–H groups in total. The Kier molecular flexibility index (Phi) is 5.11. The van der Waals surface area contributed by atoms with E-state index in [1.165, 1.54) is 0 Å². The quantitative estimate of drug-likeness (QED) is 0.604. The number of hydrogen-bond acceptors (Lipinski definition) is 8. The molecule has 150 valence electrons. The van der Waals surface area contributed by atoms with Crippen molar-refractivity contribution in [3.63, 3.8) is 0 Å². The average Bonchev–Trinajstić information content (AvgIpc) is 3.39. The van der Waals surface area contributed by atoms with Crippen molar-refractivity contribution in [2.24, 2.45) is 0 Å². The van der Waals surface area contributed by atoms with E-state index in [1.807, 2.05) is 43.1 Å². The van der Waals surface area contributed by atoms with E-state index >= 15 is 0 Å². The molecule has 0 amide bonds. The van der Waals surface area contributed by atoms with Gasteiger partial charge in [0.1, 0.15) is 0 Å². The lowest BCUT2D eigenvalue weighted by Gasteiger charge is -2.15. The van der Waals surface area contributed by atoms with Gasteiger partial charge in [-0.1, -0.05) is 11.2 Å². The van der Waals surface area contributed by atoms with E-state index in [2.05, 4.69) is 20.1 Å². The molecule has 0 aromatic carbocycles. The predicted octanol–water partition coefficient (Wildman–Crippen LogP) is 2.60. The molecule has 3 aromatic heterocycles. The minimum absolute atomic E-state index is 0.0629. The zero-order valence-electron chi connectivity index (χ0n) is 16.1. The fraction of sp³-hybridized carbons (Fsp3) is 0.500. The van der Waals surface area contributed by atoms with Gasteiger partial charge in [0.15, 0.2) is 9.84 Å². The standard InChI is InChI=1S/C18H23N5O3S2/c1-12-15(13(2)23(20-12)14-6-8-28(24,25)11-14)9-22(3)10-17-19-18(21-26-17)16-5-4-7-27-16/h4-5,7,14H,6,8-11H2,1-3H3/t14-/m1/s1. The highest BCUT2D eigenvalue weighted by molar-refractivity contribution is 7.91. The molecule has 1 saturated heterocycles. The molecule has 4 rings (SSSR count). The highest BCUT2D eigenvalue weighted by Gasteiger charge is 2.31. The summed E-state index contributed by atoms with van der Waals surface area (Å²) in [6.07, 6.45) is 0.632. The third kappa shape index (κ3) is 3.89. The molecule has 0 spiro atoms. The number of thiophene rings is 1. The van der Waals surface area contributed by atoms with E-state index in [0.717, 1.165) is 21.8 Å². The van der Waals surface area contributed by atoms with Crippen molar-refractivity contribution >= 4 is 21.2 Å². The van der Waals surface area contributed by atoms with Gasteiger partial charge in [0.2, 0.25) is 11.7 Å². The van der Waals surface area contributed by atoms with Gasteiger partial charge in [-0.15, -0.1) is 11.3 Å². The number of rotatable bonds is 6. The van der Waals surface area contributed by atoms with Crippen LogP contribution in [0.25, 0.3) is 10.7 Å². The van der Waals surface area contributed by atoms with E-state index in [9.17, 15) is 8.42 Å². The van der Waals surface area contributed by atoms with Crippen LogP contribution in [0, 0.1) is 13.8 Å². The van der Waals surface area contributed by atoms with Crippen LogP contribution in [-0.4, -0.2) is 51.8 Å². The topological polar surface area (TPSA) is 94.1 Å². The Morgan fingerprint density at radius 3 is 2.86 bits per heavy atom. The zero-order chi connectivity index (χ0) is 19.9. The molecule has 28 heavy (non-hydrogen) atoms. The Balaban J connectivity index is 1.45. The van der Waals surface area contributed by atoms with Crippen molar-refractivity contribution in [1.29, 1.82) is 0 Å². The highest BCUT2D eigenvalue weighted by Crippen LogP contribution is 2.27. The minimum Gasteiger partial charge on any atom is -0.338 e. The number of nitrogens with zero attached hydrogens (tertiary/aromatic N) is 5. The van der Waals surface area contributed by atoms with E-state index in [0.29, 0.717) is 31.2 Å². The number of sulfone groups is 1. The Morgan fingerprint density at radius 1 is 1.36 bits per heavy atom. The van der Waals surface area contributed by atoms with Crippen molar-refractivity contribution in [3.8, 4) is 10.7 Å². The monoisotopic (exact) mass is 421 g/mol. The maximum Gasteiger partial charge on any atom is 0.241 e. The van der Waals surface area contributed by atoms with Gasteiger partial charge < -0.3 is 4.52 Å². The Labute approximate surface area is 168 Å². The van der Waals surface area contributed by atoms with Crippen LogP contribution in [0.2, 0.25) is 0 Å². The molecule has 0 aliphatic carbocycles. The van der Waals surface area contributed by atoms with Gasteiger partial charge in [-0.3, -0.25) is 9.58 Å². The Morgan fingerprint density at radius 2 is 2.18 bits per heavy atom. The largest absolute Gasteiger partial charge is 0.338 e. The van der Waals surface area contributed by atoms with Crippen LogP contribution in [0.5, 0.6) is 0 Å². The lowest BCUT2D eigenvalue weighted by molar-refractivity contribution is 0.260. The van der Waals surface area contributed by atoms with Crippen LogP contribution in [0.3, 0.4) is 0 Å². The van der Waals surface area contributed by atoms with Gasteiger partial charge in [-0.05, 0) is 38.8 Å². The number of hydrogen-bond donors (Lipinski definition) is 0. The molecule has 8 nitrogen and oxygen atoms in total. The van der Waals surface area contributed by atoms with Gasteiger partial charge in [-0.2, -0.15) is 10.1 Å². The highest BCUT2D eigenvalue weighted by atomic mass is 32.2. The molecule has 1 aliphatic heterocycles. The third-order valence-corrected chi connectivity index (χ3v) is 7.69. The van der Waals surface area contributed by atoms with Crippen LogP contribution >= 0.6 is 11.3 Å². The van der Waals surface area contributed by atoms with Crippen LogP contribution in [0.1, 0.15) is 35.3 Å². The second-order valence-corrected chi connectivity index (χ2v) is 10.5. The lowest BCUT2D eigenvalue weighted by Crippen LogP contribution is -2.19. The first-order valence-electron chi connectivity index (χ1n) is 9.12. The van der Waals surface area contributed by atoms with Crippen molar-refractivity contribution in [2.75, 3.05) is 18.6 Å². The van der Waals surface area contributed by atoms with Crippen molar-refractivity contribution < 1.29 is 12.9 Å². The molecule has 0 radical (unpaired) electrons. The molecule has 0 saturated carbocycles. The first-order valence-corrected chi connectivity index (χ1v) is 11.8. The molecule has 3 aromatic rings. The zero-order valence-corrected chi connectivity index (χ0v) is 17.8. The van der Waals surface area contributed by atoms with Gasteiger partial charge in [-0.25, -0.2) is 8.42 Å². The maximum absolute atomic E-state index is 11.8. The number of aromatic nitrogens is 4. The molecule has 1 aliphatic rings. The molecule has 0 bridgehead atoms. The lowest BCUT2D eigenvalue weighted by atomic mass is 10.1. The van der Waals surface area contributed by atoms with Gasteiger partial charge in [0, 0.05) is 17.8 Å². The molecule has 1 atom stereocenters. The summed E-state index contributed by atoms with van der Waals surface area (Å²) in [5, 5.41) is 10.7. The average molecular weight is 422 g/mol. The summed E-state index contributed by atoms with van der Waals surface area (Å²) < 4.78 is 30.9. The van der Waals surface area contributed by atoms with Crippen molar-refractivity contribution in [1.82, 2.24) is 24.8 Å². The normalized spacial score (nSPS) is 18.9. The van der Waals surface area contributed by atoms with Crippen LogP contribution in [-0.2, 0) is 22.9 Å². The predicted molar refractivity (Wildman–Crippen MR) is 107 cm³/mol. The summed E-state index contributed by atoms with van der Waals surface area (Å²) in [4.78, 5) is 7.55. The van der Waals surface area contributed by atoms with E-state index < -0.39 is 9.84 Å². The van der Waals surface area contributed by atoms with Gasteiger partial charge in [0.25, 0.3) is 0 Å². The molecule has 1 fully saturated rings. The summed E-state index contributed by atoms with van der Waals surface area (Å²) in [5.41, 5.74) is 3.07. The molecule has 4 heterocycles. The second-order valence-electron chi connectivity index (χ2n) is 7.31. The molecular weight excluding hydrogens is 398 g/mol. The summed E-state index contributed by atoms with van der Waals surface area (Å²) in [5.74, 6) is 1.60. The second kappa shape index (κ2) is 7.41. The van der Waals surface area contributed by atoms with Crippen LogP contribution in [0.4, 0.5) is 0 Å². The molecular formula is C18H23N5O3S2. The van der Waals surface area contributed by atoms with Crippen molar-refractivity contribution in [2.45, 2.75) is 39.4 Å². The van der Waals surface area contributed by atoms with Gasteiger partial charge in [0.05, 0.1) is 34.7 Å². The molecule has 0 unspecified atom stereocenters. The van der Waals surface area contributed by atoms with Crippen molar-refractivity contribution in [3.05, 3.63) is 40.4 Å². The van der Waals surface area contributed by atoms with Crippen LogP contribution in [0.15, 0.2) is 22.0 Å². The van der Waals surface area contributed by atoms with Crippen LogP contribution < -0.4 is 0 Å². The fourth-order valence-electron chi connectivity index (χ4n) is 3.63. The summed E-state index contributed by atoms with van der Waals surface area (Å²) in [6.45, 7) is 5.18. The fourth-order valence-corrected chi connectivity index (χ4v) is 5.97. The molecule has 10 heteroatoms. The van der Waals surface area contributed by atoms with E-state index in [1.54, 1.807) is 11.3 Å². The van der Waals surface area contributed by atoms with E-state index in [4.69, 9.17) is 4.52 Å². The Bertz CT molecular complexity index is 1070. The summed E-state index contributed by atoms with van der Waals surface area (Å²) in [7, 11) is -0.951. The summed E-state index contributed by atoms with van der Waals surface area (Å²) in [6, 6.07) is 3.86. The first kappa shape index (κ1) is 19.3. The van der Waals surface area contributed by atoms with E-state index in [-0.39, 0.29) is 17.5 Å². The Hall–Kier alpha value is -2.04. The summed E-state index contributed by atoms with van der Waals surface area (Å²) >= 11 is 1.58. The SMILES string of the molecule is Cc1nn([C@@H]2CCS(=O)(=O)C2)c(C)c1CN(C)Cc1nc(-c2cccs2)no1. The number of aryl methyl sites for hydroxylation is 1.